The van der Waals surface area contributed by atoms with E-state index in [0.717, 1.165) is 6.33 Å². The number of carbonyl (C=O) groups is 1. The first-order valence-electron chi connectivity index (χ1n) is 5.25. The zero-order valence-electron chi connectivity index (χ0n) is 10.3. The number of anilines is 1. The molecule has 11 heteroatoms. The molecule has 2 rings (SSSR count). The predicted octanol–water partition coefficient (Wildman–Crippen LogP) is 2.65. The molecule has 0 aliphatic carbocycles. The van der Waals surface area contributed by atoms with Crippen LogP contribution in [0.1, 0.15) is 15.2 Å². The van der Waals surface area contributed by atoms with Gasteiger partial charge in [0.1, 0.15) is 21.1 Å². The van der Waals surface area contributed by atoms with Gasteiger partial charge in [0.2, 0.25) is 0 Å². The van der Waals surface area contributed by atoms with E-state index in [1.807, 2.05) is 0 Å². The second-order valence-corrected chi connectivity index (χ2v) is 7.50. The second-order valence-electron chi connectivity index (χ2n) is 3.82. The number of sulfonamides is 1. The molecule has 0 fully saturated rings. The van der Waals surface area contributed by atoms with Gasteiger partial charge in [0.05, 0.1) is 0 Å². The van der Waals surface area contributed by atoms with Gasteiger partial charge in [-0.2, -0.15) is 0 Å². The summed E-state index contributed by atoms with van der Waals surface area (Å²) in [4.78, 5) is 18.1. The average Bonchev–Trinajstić information content (AvgIpc) is 2.77. The SMILES string of the molecule is Cc1cc(S(=O)(=O)Nc2c(Cl)ncnc2Cl)sc1C(=O)O. The number of aromatic carboxylic acids is 1. The molecule has 2 aromatic rings. The van der Waals surface area contributed by atoms with Crippen LogP contribution in [-0.4, -0.2) is 29.5 Å². The molecule has 112 valence electrons. The molecule has 2 N–H and O–H groups in total. The minimum Gasteiger partial charge on any atom is -0.477 e. The highest BCUT2D eigenvalue weighted by molar-refractivity contribution is 7.94. The summed E-state index contributed by atoms with van der Waals surface area (Å²) >= 11 is 12.1. The first kappa shape index (κ1) is 16.0. The number of nitrogens with one attached hydrogen (secondary N) is 1. The Morgan fingerprint density at radius 2 is 1.90 bits per heavy atom. The van der Waals surface area contributed by atoms with Crippen molar-refractivity contribution in [1.82, 2.24) is 9.97 Å². The number of carboxylic acids is 1. The number of carboxylic acid groups (broad SMARTS) is 1. The van der Waals surface area contributed by atoms with E-state index < -0.39 is 16.0 Å². The van der Waals surface area contributed by atoms with Crippen molar-refractivity contribution in [2.75, 3.05) is 4.72 Å². The Bertz CT molecular complexity index is 799. The molecule has 7 nitrogen and oxygen atoms in total. The van der Waals surface area contributed by atoms with Gasteiger partial charge in [-0.15, -0.1) is 11.3 Å². The van der Waals surface area contributed by atoms with Crippen LogP contribution in [0.2, 0.25) is 10.3 Å². The Balaban J connectivity index is 2.44. The van der Waals surface area contributed by atoms with E-state index in [-0.39, 0.29) is 25.1 Å². The smallest absolute Gasteiger partial charge is 0.346 e. The van der Waals surface area contributed by atoms with Crippen LogP contribution in [-0.2, 0) is 10.0 Å². The molecule has 21 heavy (non-hydrogen) atoms. The van der Waals surface area contributed by atoms with Crippen LogP contribution in [0.4, 0.5) is 5.69 Å². The minimum absolute atomic E-state index is 0.0584. The van der Waals surface area contributed by atoms with Gasteiger partial charge in [-0.25, -0.2) is 23.2 Å². The lowest BCUT2D eigenvalue weighted by Gasteiger charge is -2.08. The Morgan fingerprint density at radius 3 is 2.38 bits per heavy atom. The van der Waals surface area contributed by atoms with E-state index in [1.54, 1.807) is 0 Å². The quantitative estimate of drug-likeness (QED) is 0.803. The highest BCUT2D eigenvalue weighted by Crippen LogP contribution is 2.31. The van der Waals surface area contributed by atoms with E-state index in [1.165, 1.54) is 13.0 Å². The second kappa shape index (κ2) is 5.76. The van der Waals surface area contributed by atoms with Crippen molar-refractivity contribution in [2.45, 2.75) is 11.1 Å². The molecule has 0 amide bonds. The molecule has 0 spiro atoms. The Labute approximate surface area is 133 Å². The van der Waals surface area contributed by atoms with E-state index in [0.29, 0.717) is 16.9 Å². The monoisotopic (exact) mass is 367 g/mol. The summed E-state index contributed by atoms with van der Waals surface area (Å²) in [7, 11) is -4.04. The third kappa shape index (κ3) is 3.26. The number of aromatic nitrogens is 2. The normalized spacial score (nSPS) is 11.4. The van der Waals surface area contributed by atoms with Crippen molar-refractivity contribution >= 4 is 56.2 Å². The van der Waals surface area contributed by atoms with E-state index in [9.17, 15) is 13.2 Å². The fourth-order valence-electron chi connectivity index (χ4n) is 1.41. The zero-order chi connectivity index (χ0) is 15.8. The fraction of sp³-hybridized carbons (Fsp3) is 0.100. The van der Waals surface area contributed by atoms with Crippen molar-refractivity contribution in [2.24, 2.45) is 0 Å². The summed E-state index contributed by atoms with van der Waals surface area (Å²) in [5, 5.41) is 8.63. The minimum atomic E-state index is -4.04. The Morgan fingerprint density at radius 1 is 1.33 bits per heavy atom. The van der Waals surface area contributed by atoms with Crippen molar-refractivity contribution in [1.29, 1.82) is 0 Å². The van der Waals surface area contributed by atoms with Crippen LogP contribution in [0.15, 0.2) is 16.6 Å². The van der Waals surface area contributed by atoms with Gasteiger partial charge in [-0.3, -0.25) is 4.72 Å². The lowest BCUT2D eigenvalue weighted by atomic mass is 10.3. The molecule has 2 aromatic heterocycles. The highest BCUT2D eigenvalue weighted by Gasteiger charge is 2.24. The summed E-state index contributed by atoms with van der Waals surface area (Å²) in [6.45, 7) is 1.50. The van der Waals surface area contributed by atoms with Crippen LogP contribution in [0.5, 0.6) is 0 Å². The van der Waals surface area contributed by atoms with E-state index in [4.69, 9.17) is 28.3 Å². The number of hydrogen-bond acceptors (Lipinski definition) is 6. The lowest BCUT2D eigenvalue weighted by molar-refractivity contribution is 0.0701. The zero-order valence-corrected chi connectivity index (χ0v) is 13.4. The summed E-state index contributed by atoms with van der Waals surface area (Å²) in [5.74, 6) is -1.20. The van der Waals surface area contributed by atoms with E-state index in [2.05, 4.69) is 14.7 Å². The maximum Gasteiger partial charge on any atom is 0.346 e. The third-order valence-electron chi connectivity index (χ3n) is 2.35. The maximum atomic E-state index is 12.2. The van der Waals surface area contributed by atoms with Crippen LogP contribution in [0, 0.1) is 6.92 Å². The largest absolute Gasteiger partial charge is 0.477 e. The molecule has 0 bridgehead atoms. The van der Waals surface area contributed by atoms with Gasteiger partial charge in [-0.05, 0) is 18.6 Å². The average molecular weight is 368 g/mol. The predicted molar refractivity (Wildman–Crippen MR) is 78.9 cm³/mol. The molecule has 0 atom stereocenters. The maximum absolute atomic E-state index is 12.2. The van der Waals surface area contributed by atoms with Gasteiger partial charge in [-0.1, -0.05) is 23.2 Å². The number of aryl methyl sites for hydroxylation is 1. The van der Waals surface area contributed by atoms with E-state index >= 15 is 0 Å². The van der Waals surface area contributed by atoms with Crippen LogP contribution < -0.4 is 4.72 Å². The van der Waals surface area contributed by atoms with Crippen molar-refractivity contribution in [3.63, 3.8) is 0 Å². The summed E-state index contributed by atoms with van der Waals surface area (Å²) < 4.78 is 26.4. The van der Waals surface area contributed by atoms with Gasteiger partial charge >= 0.3 is 5.97 Å². The van der Waals surface area contributed by atoms with Crippen LogP contribution in [0.3, 0.4) is 0 Å². The Kier molecular flexibility index (Phi) is 4.38. The number of thiophene rings is 1. The summed E-state index contributed by atoms with van der Waals surface area (Å²) in [5.41, 5.74) is 0.179. The number of nitrogens with zero attached hydrogens (tertiary/aromatic N) is 2. The summed E-state index contributed by atoms with van der Waals surface area (Å²) in [6, 6.07) is 1.25. The molecule has 0 radical (unpaired) electrons. The number of halogens is 2. The Hall–Kier alpha value is -1.42. The van der Waals surface area contributed by atoms with Crippen LogP contribution >= 0.6 is 34.5 Å². The van der Waals surface area contributed by atoms with Crippen molar-refractivity contribution in [3.05, 3.63) is 33.1 Å². The fourth-order valence-corrected chi connectivity index (χ4v) is 4.38. The molecule has 0 aromatic carbocycles. The lowest BCUT2D eigenvalue weighted by Crippen LogP contribution is -2.13. The topological polar surface area (TPSA) is 109 Å². The van der Waals surface area contributed by atoms with Gasteiger partial charge in [0.15, 0.2) is 10.3 Å². The highest BCUT2D eigenvalue weighted by atomic mass is 35.5. The van der Waals surface area contributed by atoms with Crippen molar-refractivity contribution < 1.29 is 18.3 Å². The standard InChI is InChI=1S/C10H7Cl2N3O4S2/c1-4-2-5(20-7(4)10(16)17)21(18,19)15-6-8(11)13-3-14-9(6)12/h2-3,15H,1H3,(H,16,17). The molecular formula is C10H7Cl2N3O4S2. The van der Waals surface area contributed by atoms with Gasteiger partial charge in [0, 0.05) is 0 Å². The molecule has 0 saturated carbocycles. The molecule has 0 saturated heterocycles. The van der Waals surface area contributed by atoms with Crippen LogP contribution in [0.25, 0.3) is 0 Å². The van der Waals surface area contributed by atoms with Gasteiger partial charge < -0.3 is 5.11 Å². The first-order valence-corrected chi connectivity index (χ1v) is 8.30. The number of hydrogen-bond donors (Lipinski definition) is 2. The van der Waals surface area contributed by atoms with Crippen molar-refractivity contribution in [3.8, 4) is 0 Å². The third-order valence-corrected chi connectivity index (χ3v) is 5.97. The molecule has 0 unspecified atom stereocenters. The molecule has 0 aliphatic heterocycles. The molecule has 0 aliphatic rings. The summed E-state index contributed by atoms with van der Waals surface area (Å²) in [6.07, 6.45) is 1.08. The van der Waals surface area contributed by atoms with Gasteiger partial charge in [0.25, 0.3) is 10.0 Å². The molecular weight excluding hydrogens is 361 g/mol. The first-order chi connectivity index (χ1) is 9.72. The molecule has 2 heterocycles. The number of rotatable bonds is 4.